The number of hydrogen-bond acceptors (Lipinski definition) is 6. The van der Waals surface area contributed by atoms with Gasteiger partial charge in [-0.2, -0.15) is 61.5 Å². The van der Waals surface area contributed by atoms with Crippen LogP contribution in [0.3, 0.4) is 0 Å². The van der Waals surface area contributed by atoms with Crippen molar-refractivity contribution in [3.8, 4) is 0 Å². The molecule has 0 fully saturated rings. The summed E-state index contributed by atoms with van der Waals surface area (Å²) in [5.74, 6) is -15.9. The van der Waals surface area contributed by atoms with Crippen molar-refractivity contribution in [2.24, 2.45) is 0 Å². The minimum Gasteiger partial charge on any atom is -0.227 e. The van der Waals surface area contributed by atoms with Crippen LogP contribution in [0.2, 0.25) is 0 Å². The molecule has 0 aliphatic heterocycles. The van der Waals surface area contributed by atoms with Gasteiger partial charge in [0.1, 0.15) is 0 Å². The van der Waals surface area contributed by atoms with E-state index < -0.39 is 60.2 Å². The third kappa shape index (κ3) is 3.90. The first kappa shape index (κ1) is 32.1. The molecule has 0 amide bonds. The second kappa shape index (κ2) is 7.73. The molecule has 177 valence electrons. The van der Waals surface area contributed by atoms with E-state index in [9.17, 15) is 82.5 Å². The molecule has 0 aromatic heterocycles. The van der Waals surface area contributed by atoms with Crippen molar-refractivity contribution in [2.75, 3.05) is 0 Å². The number of alkyl halides is 14. The van der Waals surface area contributed by atoms with E-state index in [0.717, 1.165) is 0 Å². The van der Waals surface area contributed by atoms with E-state index in [1.807, 2.05) is 0 Å². The maximum Gasteiger partial charge on any atom is 0.461 e. The van der Waals surface area contributed by atoms with Gasteiger partial charge in [-0.3, -0.25) is 0 Å². The van der Waals surface area contributed by atoms with Gasteiger partial charge in [0, 0.05) is 29.6 Å². The van der Waals surface area contributed by atoms with Gasteiger partial charge in [0.2, 0.25) is 0 Å². The zero-order chi connectivity index (χ0) is 24.5. The Morgan fingerprint density at radius 2 is 0.633 bits per heavy atom. The molecule has 0 aliphatic rings. The van der Waals surface area contributed by atoms with E-state index >= 15 is 0 Å². The average molecular weight is 552 g/mol. The van der Waals surface area contributed by atoms with Crippen molar-refractivity contribution in [3.63, 3.8) is 0 Å². The van der Waals surface area contributed by atoms with Crippen molar-refractivity contribution < 1.29 is 82.5 Å². The molecule has 30 heavy (non-hydrogen) atoms. The molecule has 0 saturated heterocycles. The molecule has 0 aromatic rings. The zero-order valence-electron chi connectivity index (χ0n) is 13.1. The standard InChI is InChI=1S/C6HF14NO5S3.Na/c7-1(8,3(11,12)13)5(17,18)27(22,23)29(21,26)28(24,25)6(19,20)2(9,10)4(14,15)16;/h21H;. The Hall–Kier alpha value is -0.130. The molecule has 0 spiro atoms. The molecular weight excluding hydrogens is 551 g/mol. The first-order chi connectivity index (χ1) is 12.0. The smallest absolute Gasteiger partial charge is 0.227 e. The molecule has 0 atom stereocenters. The van der Waals surface area contributed by atoms with E-state index in [4.69, 9.17) is 4.78 Å². The SMILES string of the molecule is N=S(=O)(S(=O)(=O)C(F)(F)C(F)(F)C(F)(F)F)S(=O)(=O)C(F)(F)C(F)(F)C(F)(F)F.[Na]. The quantitative estimate of drug-likeness (QED) is 0.310. The fraction of sp³-hybridized carbons (Fsp3) is 1.00. The van der Waals surface area contributed by atoms with Gasteiger partial charge in [0.25, 0.3) is 7.79 Å². The third-order valence-corrected chi connectivity index (χ3v) is 13.5. The Balaban J connectivity index is 0. The summed E-state index contributed by atoms with van der Waals surface area (Å²) >= 11 is 0. The van der Waals surface area contributed by atoms with E-state index in [0.29, 0.717) is 0 Å². The summed E-state index contributed by atoms with van der Waals surface area (Å²) in [6.07, 6.45) is -15.3. The van der Waals surface area contributed by atoms with Gasteiger partial charge < -0.3 is 0 Å². The van der Waals surface area contributed by atoms with Crippen LogP contribution < -0.4 is 0 Å². The predicted octanol–water partition coefficient (Wildman–Crippen LogP) is 2.89. The zero-order valence-corrected chi connectivity index (χ0v) is 17.5. The summed E-state index contributed by atoms with van der Waals surface area (Å²) in [6.45, 7) is 0. The molecule has 0 aromatic carbocycles. The van der Waals surface area contributed by atoms with Crippen LogP contribution in [0.5, 0.6) is 0 Å². The largest absolute Gasteiger partial charge is 0.461 e. The van der Waals surface area contributed by atoms with E-state index in [2.05, 4.69) is 0 Å². The van der Waals surface area contributed by atoms with Crippen LogP contribution in [0.25, 0.3) is 0 Å². The topological polar surface area (TPSA) is 109 Å². The normalized spacial score (nSPS) is 16.2. The minimum absolute atomic E-state index is 0. The van der Waals surface area contributed by atoms with Crippen LogP contribution in [-0.4, -0.2) is 85.3 Å². The predicted molar refractivity (Wildman–Crippen MR) is 66.4 cm³/mol. The van der Waals surface area contributed by atoms with Crippen LogP contribution in [0.1, 0.15) is 0 Å². The van der Waals surface area contributed by atoms with Gasteiger partial charge >= 0.3 is 52.4 Å². The van der Waals surface area contributed by atoms with Gasteiger partial charge in [0.15, 0.2) is 0 Å². The van der Waals surface area contributed by atoms with E-state index in [1.165, 1.54) is 0 Å². The molecule has 0 unspecified atom stereocenters. The molecule has 6 nitrogen and oxygen atoms in total. The molecule has 0 heterocycles. The number of halogens is 14. The second-order valence-electron chi connectivity index (χ2n) is 4.54. The van der Waals surface area contributed by atoms with E-state index in [1.54, 1.807) is 0 Å². The molecule has 0 rings (SSSR count). The summed E-state index contributed by atoms with van der Waals surface area (Å²) in [4.78, 5) is 0. The maximum atomic E-state index is 13.1. The van der Waals surface area contributed by atoms with Gasteiger partial charge in [0.05, 0.1) is 0 Å². The number of hydrogen-bond donors (Lipinski definition) is 1. The van der Waals surface area contributed by atoms with Gasteiger partial charge in [-0.1, -0.05) is 0 Å². The Bertz CT molecular complexity index is 902. The Morgan fingerprint density at radius 3 is 0.767 bits per heavy atom. The molecule has 1 N–H and O–H groups in total. The molecule has 0 aliphatic carbocycles. The number of nitrogens with one attached hydrogen (secondary N) is 1. The molecule has 24 heteroatoms. The summed E-state index contributed by atoms with van der Waals surface area (Å²) < 4.78 is 236. The van der Waals surface area contributed by atoms with Crippen molar-refractivity contribution in [3.05, 3.63) is 0 Å². The summed E-state index contributed by atoms with van der Waals surface area (Å²) in [5.41, 5.74) is 0. The average Bonchev–Trinajstić information content (AvgIpc) is 2.43. The van der Waals surface area contributed by atoms with E-state index in [-0.39, 0.29) is 29.6 Å². The second-order valence-corrected chi connectivity index (χ2v) is 14.4. The Morgan fingerprint density at radius 1 is 0.467 bits per heavy atom. The van der Waals surface area contributed by atoms with Gasteiger partial charge in [-0.25, -0.2) is 25.8 Å². The van der Waals surface area contributed by atoms with Crippen LogP contribution in [0, 0.1) is 4.78 Å². The van der Waals surface area contributed by atoms with Crippen molar-refractivity contribution in [1.29, 1.82) is 4.78 Å². The molecule has 0 saturated carbocycles. The van der Waals surface area contributed by atoms with Crippen molar-refractivity contribution >= 4 is 55.1 Å². The first-order valence-electron chi connectivity index (χ1n) is 5.42. The monoisotopic (exact) mass is 552 g/mol. The van der Waals surface area contributed by atoms with Crippen LogP contribution in [-0.2, 0) is 25.5 Å². The first-order valence-corrected chi connectivity index (χ1v) is 11.0. The number of rotatable bonds is 6. The minimum atomic E-state index is -8.90. The van der Waals surface area contributed by atoms with Crippen molar-refractivity contribution in [2.45, 2.75) is 34.7 Å². The molecular formula is C6HF14NNaO5S3. The molecule has 0 bridgehead atoms. The molecule has 1 radical (unpaired) electrons. The van der Waals surface area contributed by atoms with Crippen LogP contribution >= 0.6 is 0 Å². The van der Waals surface area contributed by atoms with Crippen LogP contribution in [0.4, 0.5) is 61.5 Å². The fourth-order valence-electron chi connectivity index (χ4n) is 1.04. The summed E-state index contributed by atoms with van der Waals surface area (Å²) in [5, 5.41) is -16.1. The Kier molecular flexibility index (Phi) is 8.26. The van der Waals surface area contributed by atoms with Gasteiger partial charge in [-0.15, -0.1) is 0 Å². The maximum absolute atomic E-state index is 13.1. The summed E-state index contributed by atoms with van der Waals surface area (Å²) in [6, 6.07) is 0. The third-order valence-electron chi connectivity index (χ3n) is 2.65. The van der Waals surface area contributed by atoms with Crippen molar-refractivity contribution in [1.82, 2.24) is 0 Å². The van der Waals surface area contributed by atoms with Gasteiger partial charge in [-0.05, 0) is 0 Å². The fourth-order valence-corrected chi connectivity index (χ4v) is 9.33. The van der Waals surface area contributed by atoms with Crippen LogP contribution in [0.15, 0.2) is 0 Å². The Labute approximate surface area is 176 Å². The summed E-state index contributed by atoms with van der Waals surface area (Å²) in [7, 11) is -26.4.